The second-order valence-electron chi connectivity index (χ2n) is 6.00. The van der Waals surface area contributed by atoms with Crippen LogP contribution in [0, 0.1) is 11.3 Å². The lowest BCUT2D eigenvalue weighted by molar-refractivity contribution is -0.119. The number of para-hydroxylation sites is 3. The summed E-state index contributed by atoms with van der Waals surface area (Å²) in [5.41, 5.74) is 1.95. The Kier molecular flexibility index (Phi) is 4.80. The monoisotopic (exact) mass is 334 g/mol. The van der Waals surface area contributed by atoms with Gasteiger partial charge in [0.15, 0.2) is 17.3 Å². The summed E-state index contributed by atoms with van der Waals surface area (Å²) in [5, 5.41) is 9.47. The zero-order chi connectivity index (χ0) is 17.8. The van der Waals surface area contributed by atoms with Crippen LogP contribution < -0.4 is 4.74 Å². The molecule has 0 spiro atoms. The summed E-state index contributed by atoms with van der Waals surface area (Å²) in [4.78, 5) is 17.0. The minimum absolute atomic E-state index is 0.0000513. The van der Waals surface area contributed by atoms with Gasteiger partial charge >= 0.3 is 0 Å². The number of hydrogen-bond acceptors (Lipinski definition) is 5. The zero-order valence-electron chi connectivity index (χ0n) is 14.1. The second kappa shape index (κ2) is 7.18. The van der Waals surface area contributed by atoms with Gasteiger partial charge in [-0.15, -0.1) is 0 Å². The van der Waals surface area contributed by atoms with Crippen LogP contribution in [-0.2, 0) is 11.2 Å². The summed E-state index contributed by atoms with van der Waals surface area (Å²) in [6.07, 6.45) is 0.0832. The first kappa shape index (κ1) is 16.7. The van der Waals surface area contributed by atoms with E-state index >= 15 is 0 Å². The summed E-state index contributed by atoms with van der Waals surface area (Å²) in [6.45, 7) is 3.85. The van der Waals surface area contributed by atoms with Crippen molar-refractivity contribution in [3.63, 3.8) is 0 Å². The Labute approximate surface area is 145 Å². The van der Waals surface area contributed by atoms with E-state index in [1.807, 2.05) is 56.3 Å². The van der Waals surface area contributed by atoms with E-state index in [1.165, 1.54) is 0 Å². The van der Waals surface area contributed by atoms with Gasteiger partial charge in [0.05, 0.1) is 12.2 Å². The third-order valence-electron chi connectivity index (χ3n) is 3.71. The van der Waals surface area contributed by atoms with Crippen LogP contribution in [0.5, 0.6) is 5.75 Å². The molecule has 5 nitrogen and oxygen atoms in total. The molecule has 1 atom stereocenters. The van der Waals surface area contributed by atoms with E-state index in [4.69, 9.17) is 9.15 Å². The molecule has 3 rings (SSSR count). The summed E-state index contributed by atoms with van der Waals surface area (Å²) in [5.74, 6) is -0.524. The minimum atomic E-state index is -1.04. The van der Waals surface area contributed by atoms with Gasteiger partial charge in [-0.3, -0.25) is 4.79 Å². The maximum Gasteiger partial charge on any atom is 0.220 e. The first-order valence-corrected chi connectivity index (χ1v) is 8.11. The average molecular weight is 334 g/mol. The first-order valence-electron chi connectivity index (χ1n) is 8.11. The van der Waals surface area contributed by atoms with E-state index < -0.39 is 5.92 Å². The van der Waals surface area contributed by atoms with E-state index in [9.17, 15) is 10.1 Å². The number of rotatable bonds is 6. The molecule has 0 aliphatic carbocycles. The topological polar surface area (TPSA) is 76.1 Å². The summed E-state index contributed by atoms with van der Waals surface area (Å²) in [7, 11) is 0. The number of fused-ring (bicyclic) bond motifs is 1. The number of oxazole rings is 1. The molecule has 0 aliphatic heterocycles. The Morgan fingerprint density at radius 3 is 2.64 bits per heavy atom. The molecule has 1 unspecified atom stereocenters. The average Bonchev–Trinajstić information content (AvgIpc) is 3.00. The largest absolute Gasteiger partial charge is 0.491 e. The maximum absolute atomic E-state index is 12.7. The quantitative estimate of drug-likeness (QED) is 0.680. The van der Waals surface area contributed by atoms with Crippen LogP contribution in [0.2, 0.25) is 0 Å². The molecule has 126 valence electrons. The van der Waals surface area contributed by atoms with Crippen LogP contribution >= 0.6 is 0 Å². The van der Waals surface area contributed by atoms with Gasteiger partial charge in [-0.05, 0) is 32.0 Å². The van der Waals surface area contributed by atoms with Gasteiger partial charge in [0.1, 0.15) is 11.3 Å². The molecule has 0 saturated heterocycles. The molecule has 0 radical (unpaired) electrons. The molecule has 0 aliphatic rings. The number of hydrogen-bond donors (Lipinski definition) is 0. The van der Waals surface area contributed by atoms with Crippen molar-refractivity contribution in [3.8, 4) is 11.8 Å². The fourth-order valence-corrected chi connectivity index (χ4v) is 2.59. The Morgan fingerprint density at radius 2 is 1.92 bits per heavy atom. The normalized spacial score (nSPS) is 12.1. The fraction of sp³-hybridized carbons (Fsp3) is 0.250. The molecule has 25 heavy (non-hydrogen) atoms. The molecule has 2 aromatic carbocycles. The van der Waals surface area contributed by atoms with Gasteiger partial charge in [-0.1, -0.05) is 30.3 Å². The van der Waals surface area contributed by atoms with Crippen molar-refractivity contribution in [3.05, 3.63) is 60.0 Å². The summed E-state index contributed by atoms with van der Waals surface area (Å²) in [6, 6.07) is 16.6. The Bertz CT molecular complexity index is 904. The van der Waals surface area contributed by atoms with E-state index in [1.54, 1.807) is 12.1 Å². The molecule has 0 fully saturated rings. The second-order valence-corrected chi connectivity index (χ2v) is 6.00. The van der Waals surface area contributed by atoms with Crippen molar-refractivity contribution >= 4 is 16.9 Å². The summed E-state index contributed by atoms with van der Waals surface area (Å²) >= 11 is 0. The Hall–Kier alpha value is -3.13. The SMILES string of the molecule is CC(C)Oc1ccccc1CC(=O)C(C#N)c1nc2ccccc2o1. The van der Waals surface area contributed by atoms with Gasteiger partial charge in [-0.25, -0.2) is 4.98 Å². The van der Waals surface area contributed by atoms with Gasteiger partial charge in [0.25, 0.3) is 0 Å². The molecule has 3 aromatic rings. The third kappa shape index (κ3) is 3.69. The van der Waals surface area contributed by atoms with Gasteiger partial charge in [0, 0.05) is 12.0 Å². The first-order chi connectivity index (χ1) is 12.1. The predicted octanol–water partition coefficient (Wildman–Crippen LogP) is 4.03. The van der Waals surface area contributed by atoms with E-state index in [0.29, 0.717) is 16.8 Å². The Morgan fingerprint density at radius 1 is 1.20 bits per heavy atom. The maximum atomic E-state index is 12.7. The molecule has 0 N–H and O–H groups in total. The number of aromatic nitrogens is 1. The summed E-state index contributed by atoms with van der Waals surface area (Å²) < 4.78 is 11.3. The molecule has 5 heteroatoms. The number of carbonyl (C=O) groups excluding carboxylic acids is 1. The molecule has 0 amide bonds. The number of carbonyl (C=O) groups is 1. The standard InChI is InChI=1S/C20H18N2O3/c1-13(2)24-18-9-5-3-7-14(18)11-17(23)15(12-21)20-22-16-8-4-6-10-19(16)25-20/h3-10,13,15H,11H2,1-2H3. The van der Waals surface area contributed by atoms with Crippen molar-refractivity contribution in [2.24, 2.45) is 0 Å². The van der Waals surface area contributed by atoms with Crippen LogP contribution in [0.1, 0.15) is 31.2 Å². The van der Waals surface area contributed by atoms with Gasteiger partial charge in [-0.2, -0.15) is 5.26 Å². The van der Waals surface area contributed by atoms with Crippen LogP contribution in [0.25, 0.3) is 11.1 Å². The highest BCUT2D eigenvalue weighted by atomic mass is 16.5. The van der Waals surface area contributed by atoms with Crippen molar-refractivity contribution in [1.82, 2.24) is 4.98 Å². The van der Waals surface area contributed by atoms with Crippen LogP contribution in [0.3, 0.4) is 0 Å². The number of benzene rings is 2. The third-order valence-corrected chi connectivity index (χ3v) is 3.71. The molecular formula is C20H18N2O3. The molecular weight excluding hydrogens is 316 g/mol. The lowest BCUT2D eigenvalue weighted by Crippen LogP contribution is -2.15. The zero-order valence-corrected chi connectivity index (χ0v) is 14.1. The number of Topliss-reactive ketones (excluding diaryl/α,β-unsaturated/α-hetero) is 1. The van der Waals surface area contributed by atoms with Gasteiger partial charge < -0.3 is 9.15 Å². The highest BCUT2D eigenvalue weighted by Crippen LogP contribution is 2.26. The molecule has 1 heterocycles. The molecule has 0 saturated carbocycles. The van der Waals surface area contributed by atoms with E-state index in [-0.39, 0.29) is 24.2 Å². The minimum Gasteiger partial charge on any atom is -0.491 e. The van der Waals surface area contributed by atoms with E-state index in [2.05, 4.69) is 4.98 Å². The fourth-order valence-electron chi connectivity index (χ4n) is 2.59. The highest BCUT2D eigenvalue weighted by Gasteiger charge is 2.26. The van der Waals surface area contributed by atoms with Crippen molar-refractivity contribution in [2.75, 3.05) is 0 Å². The van der Waals surface area contributed by atoms with Gasteiger partial charge in [0.2, 0.25) is 5.89 Å². The van der Waals surface area contributed by atoms with Crippen LogP contribution in [0.4, 0.5) is 0 Å². The predicted molar refractivity (Wildman–Crippen MR) is 93.3 cm³/mol. The highest BCUT2D eigenvalue weighted by molar-refractivity contribution is 5.90. The smallest absolute Gasteiger partial charge is 0.220 e. The lowest BCUT2D eigenvalue weighted by atomic mass is 9.98. The number of nitrogens with zero attached hydrogens (tertiary/aromatic N) is 2. The lowest BCUT2D eigenvalue weighted by Gasteiger charge is -2.14. The number of ether oxygens (including phenoxy) is 1. The number of ketones is 1. The van der Waals surface area contributed by atoms with E-state index in [0.717, 1.165) is 5.56 Å². The van der Waals surface area contributed by atoms with Crippen molar-refractivity contribution < 1.29 is 13.9 Å². The van der Waals surface area contributed by atoms with Crippen LogP contribution in [0.15, 0.2) is 52.9 Å². The van der Waals surface area contributed by atoms with Crippen molar-refractivity contribution in [2.45, 2.75) is 32.3 Å². The molecule has 1 aromatic heterocycles. The Balaban J connectivity index is 1.85. The van der Waals surface area contributed by atoms with Crippen LogP contribution in [-0.4, -0.2) is 16.9 Å². The number of nitriles is 1. The van der Waals surface area contributed by atoms with Crippen molar-refractivity contribution in [1.29, 1.82) is 5.26 Å². The molecule has 0 bridgehead atoms.